The molecule has 0 radical (unpaired) electrons. The number of carbonyl (C=O) groups excluding carboxylic acids is 3. The molecule has 188 valence electrons. The molecule has 9 heteroatoms. The summed E-state index contributed by atoms with van der Waals surface area (Å²) in [5.41, 5.74) is 0.651. The van der Waals surface area contributed by atoms with Crippen molar-refractivity contribution in [2.24, 2.45) is 0 Å². The van der Waals surface area contributed by atoms with Gasteiger partial charge in [-0.2, -0.15) is 0 Å². The molecule has 3 rings (SSSR count). The van der Waals surface area contributed by atoms with E-state index >= 15 is 0 Å². The summed E-state index contributed by atoms with van der Waals surface area (Å²) >= 11 is 0. The van der Waals surface area contributed by atoms with Crippen molar-refractivity contribution in [3.63, 3.8) is 0 Å². The summed E-state index contributed by atoms with van der Waals surface area (Å²) in [5, 5.41) is 5.81. The molecule has 0 spiro atoms. The lowest BCUT2D eigenvalue weighted by molar-refractivity contribution is -0.151. The summed E-state index contributed by atoms with van der Waals surface area (Å²) in [4.78, 5) is 38.9. The highest BCUT2D eigenvalue weighted by Gasteiger charge is 2.35. The number of hydrogen-bond acceptors (Lipinski definition) is 7. The van der Waals surface area contributed by atoms with Crippen LogP contribution in [0, 0.1) is 0 Å². The Kier molecular flexibility index (Phi) is 10.2. The maximum Gasteiger partial charge on any atom is 0.308 e. The molecular weight excluding hydrogens is 450 g/mol. The van der Waals surface area contributed by atoms with Crippen LogP contribution in [-0.2, 0) is 19.1 Å². The summed E-state index contributed by atoms with van der Waals surface area (Å²) in [6.45, 7) is 3.63. The van der Waals surface area contributed by atoms with Crippen molar-refractivity contribution < 1.29 is 28.6 Å². The number of amides is 2. The van der Waals surface area contributed by atoms with Gasteiger partial charge >= 0.3 is 5.97 Å². The molecule has 9 nitrogen and oxygen atoms in total. The second-order valence-corrected chi connectivity index (χ2v) is 8.03. The predicted octanol–water partition coefficient (Wildman–Crippen LogP) is 2.62. The zero-order valence-corrected chi connectivity index (χ0v) is 20.0. The Bertz CT molecular complexity index is 969. The summed E-state index contributed by atoms with van der Waals surface area (Å²) < 4.78 is 16.7. The van der Waals surface area contributed by atoms with Crippen LogP contribution in [0.3, 0.4) is 0 Å². The van der Waals surface area contributed by atoms with Gasteiger partial charge in [0, 0.05) is 13.1 Å². The highest BCUT2D eigenvalue weighted by molar-refractivity contribution is 5.93. The number of anilines is 1. The minimum absolute atomic E-state index is 0.0461. The third kappa shape index (κ3) is 8.20. The Morgan fingerprint density at radius 3 is 2.57 bits per heavy atom. The van der Waals surface area contributed by atoms with Gasteiger partial charge in [0.1, 0.15) is 30.8 Å². The smallest absolute Gasteiger partial charge is 0.308 e. The number of nitrogens with zero attached hydrogens (tertiary/aromatic N) is 1. The standard InChI is InChI=1S/C26H33N3O6/c1-2-3-15-35-25(31)18-22-26(32)27-13-14-29(22)24(30)19-28-21-11-7-8-12-23(21)34-17-16-33-20-9-5-4-6-10-20/h4-12,22,28H,2-3,13-19H2,1H3,(H,27,32). The van der Waals surface area contributed by atoms with Crippen LogP contribution in [0.4, 0.5) is 5.69 Å². The number of carbonyl (C=O) groups is 3. The Balaban J connectivity index is 1.51. The first kappa shape index (κ1) is 25.9. The van der Waals surface area contributed by atoms with Crippen LogP contribution in [0.5, 0.6) is 11.5 Å². The van der Waals surface area contributed by atoms with Gasteiger partial charge in [0.15, 0.2) is 0 Å². The minimum Gasteiger partial charge on any atom is -0.490 e. The van der Waals surface area contributed by atoms with Crippen molar-refractivity contribution in [2.45, 2.75) is 32.2 Å². The van der Waals surface area contributed by atoms with Gasteiger partial charge in [0.05, 0.1) is 25.3 Å². The molecule has 2 amide bonds. The highest BCUT2D eigenvalue weighted by atomic mass is 16.5. The van der Waals surface area contributed by atoms with Gasteiger partial charge in [-0.25, -0.2) is 0 Å². The van der Waals surface area contributed by atoms with E-state index in [1.807, 2.05) is 55.5 Å². The number of hydrogen-bond donors (Lipinski definition) is 2. The lowest BCUT2D eigenvalue weighted by Crippen LogP contribution is -2.58. The second kappa shape index (κ2) is 13.8. The van der Waals surface area contributed by atoms with Crippen molar-refractivity contribution in [1.82, 2.24) is 10.2 Å². The Morgan fingerprint density at radius 1 is 1.03 bits per heavy atom. The van der Waals surface area contributed by atoms with Crippen LogP contribution in [-0.4, -0.2) is 68.2 Å². The van der Waals surface area contributed by atoms with Crippen molar-refractivity contribution >= 4 is 23.5 Å². The number of esters is 1. The molecule has 1 atom stereocenters. The fraction of sp³-hybridized carbons (Fsp3) is 0.423. The molecule has 2 aromatic rings. The number of unbranched alkanes of at least 4 members (excludes halogenated alkanes) is 1. The number of benzene rings is 2. The lowest BCUT2D eigenvalue weighted by Gasteiger charge is -2.34. The zero-order valence-electron chi connectivity index (χ0n) is 20.0. The van der Waals surface area contributed by atoms with Crippen molar-refractivity contribution in [2.75, 3.05) is 44.8 Å². The quantitative estimate of drug-likeness (QED) is 0.333. The van der Waals surface area contributed by atoms with E-state index in [2.05, 4.69) is 10.6 Å². The largest absolute Gasteiger partial charge is 0.490 e. The normalized spacial score (nSPS) is 15.2. The summed E-state index contributed by atoms with van der Waals surface area (Å²) in [6, 6.07) is 15.9. The first-order valence-electron chi connectivity index (χ1n) is 11.9. The fourth-order valence-electron chi connectivity index (χ4n) is 3.60. The number of ether oxygens (including phenoxy) is 3. The maximum absolute atomic E-state index is 13.0. The molecule has 2 N–H and O–H groups in total. The Hall–Kier alpha value is -3.75. The monoisotopic (exact) mass is 483 g/mol. The lowest BCUT2D eigenvalue weighted by atomic mass is 10.1. The van der Waals surface area contributed by atoms with Crippen LogP contribution in [0.2, 0.25) is 0 Å². The van der Waals surface area contributed by atoms with Gasteiger partial charge in [-0.05, 0) is 30.7 Å². The van der Waals surface area contributed by atoms with Crippen molar-refractivity contribution in [1.29, 1.82) is 0 Å². The number of nitrogens with one attached hydrogen (secondary N) is 2. The van der Waals surface area contributed by atoms with Crippen LogP contribution < -0.4 is 20.1 Å². The van der Waals surface area contributed by atoms with Gasteiger partial charge in [0.25, 0.3) is 0 Å². The van der Waals surface area contributed by atoms with Gasteiger partial charge < -0.3 is 29.7 Å². The molecular formula is C26H33N3O6. The molecule has 1 aliphatic heterocycles. The maximum atomic E-state index is 13.0. The van der Waals surface area contributed by atoms with E-state index in [4.69, 9.17) is 14.2 Å². The zero-order chi connectivity index (χ0) is 24.9. The topological polar surface area (TPSA) is 106 Å². The van der Waals surface area contributed by atoms with E-state index in [9.17, 15) is 14.4 Å². The van der Waals surface area contributed by atoms with Gasteiger partial charge in [-0.1, -0.05) is 43.7 Å². The molecule has 1 heterocycles. The number of rotatable bonds is 13. The molecule has 0 saturated carbocycles. The first-order chi connectivity index (χ1) is 17.1. The molecule has 0 aromatic heterocycles. The van der Waals surface area contributed by atoms with Crippen molar-refractivity contribution in [3.8, 4) is 11.5 Å². The van der Waals surface area contributed by atoms with E-state index in [-0.39, 0.29) is 24.8 Å². The third-order valence-corrected chi connectivity index (χ3v) is 5.44. The molecule has 2 aromatic carbocycles. The molecule has 1 aliphatic rings. The summed E-state index contributed by atoms with van der Waals surface area (Å²) in [5.74, 6) is 0.238. The van der Waals surface area contributed by atoms with E-state index in [0.717, 1.165) is 18.6 Å². The Labute approximate surface area is 205 Å². The van der Waals surface area contributed by atoms with Crippen molar-refractivity contribution in [3.05, 3.63) is 54.6 Å². The van der Waals surface area contributed by atoms with Crippen LogP contribution in [0.15, 0.2) is 54.6 Å². The number of para-hydroxylation sites is 3. The predicted molar refractivity (Wildman–Crippen MR) is 131 cm³/mol. The highest BCUT2D eigenvalue weighted by Crippen LogP contribution is 2.24. The van der Waals surface area contributed by atoms with Gasteiger partial charge in [-0.3, -0.25) is 14.4 Å². The molecule has 35 heavy (non-hydrogen) atoms. The van der Waals surface area contributed by atoms with Crippen LogP contribution in [0.1, 0.15) is 26.2 Å². The summed E-state index contributed by atoms with van der Waals surface area (Å²) in [7, 11) is 0. The molecule has 1 unspecified atom stereocenters. The van der Waals surface area contributed by atoms with E-state index in [0.29, 0.717) is 44.3 Å². The SMILES string of the molecule is CCCCOC(=O)CC1C(=O)NCCN1C(=O)CNc1ccccc1OCCOc1ccccc1. The molecule has 1 saturated heterocycles. The average molecular weight is 484 g/mol. The van der Waals surface area contributed by atoms with E-state index in [1.54, 1.807) is 6.07 Å². The fourth-order valence-corrected chi connectivity index (χ4v) is 3.60. The van der Waals surface area contributed by atoms with Crippen LogP contribution in [0.25, 0.3) is 0 Å². The van der Waals surface area contributed by atoms with Gasteiger partial charge in [-0.15, -0.1) is 0 Å². The molecule has 1 fully saturated rings. The second-order valence-electron chi connectivity index (χ2n) is 8.03. The molecule has 0 aliphatic carbocycles. The van der Waals surface area contributed by atoms with Crippen LogP contribution >= 0.6 is 0 Å². The minimum atomic E-state index is -0.881. The Morgan fingerprint density at radius 2 is 1.77 bits per heavy atom. The molecule has 0 bridgehead atoms. The number of piperazine rings is 1. The van der Waals surface area contributed by atoms with Gasteiger partial charge in [0.2, 0.25) is 11.8 Å². The first-order valence-corrected chi connectivity index (χ1v) is 11.9. The third-order valence-electron chi connectivity index (χ3n) is 5.44. The van der Waals surface area contributed by atoms with E-state index in [1.165, 1.54) is 4.90 Å². The summed E-state index contributed by atoms with van der Waals surface area (Å²) in [6.07, 6.45) is 1.50. The average Bonchev–Trinajstić information content (AvgIpc) is 2.87. The van der Waals surface area contributed by atoms with E-state index < -0.39 is 12.0 Å².